The number of nitrogens with one attached hydrogen (secondary N) is 1. The first-order valence-corrected chi connectivity index (χ1v) is 8.56. The first-order chi connectivity index (χ1) is 8.87. The van der Waals surface area contributed by atoms with E-state index in [0.717, 1.165) is 13.1 Å². The van der Waals surface area contributed by atoms with Gasteiger partial charge in [-0.1, -0.05) is 6.92 Å². The van der Waals surface area contributed by atoms with Crippen LogP contribution in [0.25, 0.3) is 0 Å². The standard InChI is InChI=1S/C12H25N3O3S/c1-4-19(17,18)9-5-7-15-8-6-13-10-11(15)12(16)14(2)3/h11,13H,4-10H2,1-3H3. The van der Waals surface area contributed by atoms with Crippen molar-refractivity contribution < 1.29 is 13.2 Å². The minimum Gasteiger partial charge on any atom is -0.347 e. The molecule has 19 heavy (non-hydrogen) atoms. The molecule has 1 amide bonds. The molecule has 0 aromatic rings. The summed E-state index contributed by atoms with van der Waals surface area (Å²) in [4.78, 5) is 15.7. The molecule has 0 radical (unpaired) electrons. The summed E-state index contributed by atoms with van der Waals surface area (Å²) in [6.07, 6.45) is 0.591. The van der Waals surface area contributed by atoms with Gasteiger partial charge in [-0.15, -0.1) is 0 Å². The molecule has 1 rings (SSSR count). The summed E-state index contributed by atoms with van der Waals surface area (Å²) >= 11 is 0. The number of amides is 1. The van der Waals surface area contributed by atoms with Crippen molar-refractivity contribution in [3.05, 3.63) is 0 Å². The van der Waals surface area contributed by atoms with Gasteiger partial charge < -0.3 is 10.2 Å². The molecule has 0 aromatic carbocycles. The lowest BCUT2D eigenvalue weighted by Gasteiger charge is -2.36. The zero-order chi connectivity index (χ0) is 14.5. The highest BCUT2D eigenvalue weighted by molar-refractivity contribution is 7.91. The van der Waals surface area contributed by atoms with E-state index >= 15 is 0 Å². The summed E-state index contributed by atoms with van der Waals surface area (Å²) in [5.41, 5.74) is 0. The third-order valence-corrected chi connectivity index (χ3v) is 5.21. The molecule has 1 unspecified atom stereocenters. The average molecular weight is 291 g/mol. The van der Waals surface area contributed by atoms with Gasteiger partial charge in [-0.3, -0.25) is 9.69 Å². The lowest BCUT2D eigenvalue weighted by atomic mass is 10.1. The fourth-order valence-corrected chi connectivity index (χ4v) is 3.05. The Morgan fingerprint density at radius 1 is 1.42 bits per heavy atom. The van der Waals surface area contributed by atoms with Gasteiger partial charge in [0.2, 0.25) is 5.91 Å². The molecular formula is C12H25N3O3S. The summed E-state index contributed by atoms with van der Waals surface area (Å²) < 4.78 is 22.9. The predicted octanol–water partition coefficient (Wildman–Crippen LogP) is -0.827. The van der Waals surface area contributed by atoms with Crippen molar-refractivity contribution in [2.24, 2.45) is 0 Å². The van der Waals surface area contributed by atoms with Crippen LogP contribution >= 0.6 is 0 Å². The summed E-state index contributed by atoms with van der Waals surface area (Å²) in [6, 6.07) is -0.173. The topological polar surface area (TPSA) is 69.7 Å². The number of rotatable bonds is 6. The van der Waals surface area contributed by atoms with E-state index in [0.29, 0.717) is 19.5 Å². The molecule has 1 aliphatic rings. The number of piperazine rings is 1. The Balaban J connectivity index is 2.52. The monoisotopic (exact) mass is 291 g/mol. The first-order valence-electron chi connectivity index (χ1n) is 6.73. The highest BCUT2D eigenvalue weighted by Gasteiger charge is 2.29. The maximum Gasteiger partial charge on any atom is 0.240 e. The molecule has 0 spiro atoms. The SMILES string of the molecule is CCS(=O)(=O)CCCN1CCNCC1C(=O)N(C)C. The minimum absolute atomic E-state index is 0.0746. The Bertz CT molecular complexity index is 395. The van der Waals surface area contributed by atoms with Crippen LogP contribution in [0, 0.1) is 0 Å². The second-order valence-electron chi connectivity index (χ2n) is 5.08. The van der Waals surface area contributed by atoms with Gasteiger partial charge in [-0.25, -0.2) is 8.42 Å². The summed E-state index contributed by atoms with van der Waals surface area (Å²) in [6.45, 7) is 4.59. The second-order valence-corrected chi connectivity index (χ2v) is 7.55. The molecule has 1 fully saturated rings. The van der Waals surface area contributed by atoms with Crippen molar-refractivity contribution in [3.8, 4) is 0 Å². The zero-order valence-electron chi connectivity index (χ0n) is 12.1. The number of likely N-dealkylation sites (N-methyl/N-ethyl adjacent to an activating group) is 1. The van der Waals surface area contributed by atoms with Crippen molar-refractivity contribution >= 4 is 15.7 Å². The van der Waals surface area contributed by atoms with Gasteiger partial charge in [0.15, 0.2) is 0 Å². The van der Waals surface area contributed by atoms with E-state index < -0.39 is 9.84 Å². The van der Waals surface area contributed by atoms with Gasteiger partial charge in [0, 0.05) is 39.5 Å². The van der Waals surface area contributed by atoms with Crippen LogP contribution in [0.1, 0.15) is 13.3 Å². The maximum absolute atomic E-state index is 12.1. The van der Waals surface area contributed by atoms with Gasteiger partial charge in [0.1, 0.15) is 15.9 Å². The molecule has 1 aliphatic heterocycles. The number of nitrogens with zero attached hydrogens (tertiary/aromatic N) is 2. The van der Waals surface area contributed by atoms with Crippen molar-refractivity contribution in [3.63, 3.8) is 0 Å². The van der Waals surface area contributed by atoms with Crippen LogP contribution in [0.4, 0.5) is 0 Å². The van der Waals surface area contributed by atoms with Crippen molar-refractivity contribution in [1.82, 2.24) is 15.1 Å². The largest absolute Gasteiger partial charge is 0.347 e. The van der Waals surface area contributed by atoms with Crippen LogP contribution in [0.2, 0.25) is 0 Å². The van der Waals surface area contributed by atoms with Gasteiger partial charge >= 0.3 is 0 Å². The highest BCUT2D eigenvalue weighted by atomic mass is 32.2. The fourth-order valence-electron chi connectivity index (χ4n) is 2.19. The molecule has 1 saturated heterocycles. The summed E-state index contributed by atoms with van der Waals surface area (Å²) in [7, 11) is 0.581. The Hall–Kier alpha value is -0.660. The number of hydrogen-bond donors (Lipinski definition) is 1. The predicted molar refractivity (Wildman–Crippen MR) is 75.9 cm³/mol. The van der Waals surface area contributed by atoms with Crippen LogP contribution in [-0.2, 0) is 14.6 Å². The Labute approximate surface area is 116 Å². The Kier molecular flexibility index (Phi) is 6.22. The van der Waals surface area contributed by atoms with E-state index in [1.54, 1.807) is 25.9 Å². The van der Waals surface area contributed by atoms with Gasteiger partial charge in [-0.2, -0.15) is 0 Å². The number of carbonyl (C=O) groups excluding carboxylic acids is 1. The lowest BCUT2D eigenvalue weighted by molar-refractivity contribution is -0.135. The molecular weight excluding hydrogens is 266 g/mol. The number of hydrogen-bond acceptors (Lipinski definition) is 5. The Morgan fingerprint density at radius 3 is 2.68 bits per heavy atom. The van der Waals surface area contributed by atoms with E-state index in [1.165, 1.54) is 0 Å². The van der Waals surface area contributed by atoms with Gasteiger partial charge in [-0.05, 0) is 13.0 Å². The third kappa shape index (κ3) is 5.08. The van der Waals surface area contributed by atoms with Crippen LogP contribution < -0.4 is 5.32 Å². The molecule has 6 nitrogen and oxygen atoms in total. The summed E-state index contributed by atoms with van der Waals surface area (Å²) in [5, 5.41) is 3.21. The normalized spacial score (nSPS) is 21.3. The van der Waals surface area contributed by atoms with Crippen LogP contribution in [0.15, 0.2) is 0 Å². The van der Waals surface area contributed by atoms with E-state index in [2.05, 4.69) is 10.2 Å². The molecule has 0 bridgehead atoms. The zero-order valence-corrected chi connectivity index (χ0v) is 12.9. The fraction of sp³-hybridized carbons (Fsp3) is 0.917. The van der Waals surface area contributed by atoms with Crippen LogP contribution in [0.5, 0.6) is 0 Å². The van der Waals surface area contributed by atoms with Crippen LogP contribution in [-0.4, -0.2) is 81.9 Å². The lowest BCUT2D eigenvalue weighted by Crippen LogP contribution is -2.57. The number of sulfone groups is 1. The first kappa shape index (κ1) is 16.4. The van der Waals surface area contributed by atoms with Crippen LogP contribution in [0.3, 0.4) is 0 Å². The molecule has 112 valence electrons. The molecule has 0 saturated carbocycles. The quantitative estimate of drug-likeness (QED) is 0.692. The minimum atomic E-state index is -2.91. The van der Waals surface area contributed by atoms with E-state index in [1.807, 2.05) is 0 Å². The number of carbonyl (C=O) groups is 1. The van der Waals surface area contributed by atoms with Crippen molar-refractivity contribution in [2.45, 2.75) is 19.4 Å². The van der Waals surface area contributed by atoms with Crippen molar-refractivity contribution in [2.75, 3.05) is 51.8 Å². The van der Waals surface area contributed by atoms with E-state index in [4.69, 9.17) is 0 Å². The van der Waals surface area contributed by atoms with Gasteiger partial charge in [0.05, 0.1) is 5.75 Å². The molecule has 0 aliphatic carbocycles. The summed E-state index contributed by atoms with van der Waals surface area (Å²) in [5.74, 6) is 0.468. The third-order valence-electron chi connectivity index (χ3n) is 3.42. The van der Waals surface area contributed by atoms with E-state index in [-0.39, 0.29) is 23.5 Å². The van der Waals surface area contributed by atoms with Crippen molar-refractivity contribution in [1.29, 1.82) is 0 Å². The Morgan fingerprint density at radius 2 is 2.11 bits per heavy atom. The molecule has 1 heterocycles. The molecule has 1 N–H and O–H groups in total. The van der Waals surface area contributed by atoms with E-state index in [9.17, 15) is 13.2 Å². The highest BCUT2D eigenvalue weighted by Crippen LogP contribution is 2.07. The molecule has 1 atom stereocenters. The smallest absolute Gasteiger partial charge is 0.240 e. The molecule has 0 aromatic heterocycles. The average Bonchev–Trinajstić information content (AvgIpc) is 2.38. The molecule has 7 heteroatoms. The second kappa shape index (κ2) is 7.21. The maximum atomic E-state index is 12.1. The van der Waals surface area contributed by atoms with Gasteiger partial charge in [0.25, 0.3) is 0 Å².